The summed E-state index contributed by atoms with van der Waals surface area (Å²) in [5, 5.41) is 4.07. The highest BCUT2D eigenvalue weighted by molar-refractivity contribution is 5.98. The predicted molar refractivity (Wildman–Crippen MR) is 206 cm³/mol. The van der Waals surface area contributed by atoms with Crippen molar-refractivity contribution < 1.29 is 0 Å². The Morgan fingerprint density at radius 1 is 0.653 bits per heavy atom. The zero-order valence-corrected chi connectivity index (χ0v) is 28.0. The van der Waals surface area contributed by atoms with E-state index in [0.717, 1.165) is 32.1 Å². The van der Waals surface area contributed by atoms with Gasteiger partial charge < -0.3 is 4.57 Å². The first-order valence-electron chi connectivity index (χ1n) is 18.4. The number of fused-ring (bicyclic) bond motifs is 8. The van der Waals surface area contributed by atoms with Crippen molar-refractivity contribution in [3.63, 3.8) is 0 Å². The van der Waals surface area contributed by atoms with Crippen LogP contribution < -0.4 is 0 Å². The van der Waals surface area contributed by atoms with Gasteiger partial charge in [-0.05, 0) is 137 Å². The summed E-state index contributed by atoms with van der Waals surface area (Å²) in [5.41, 5.74) is 15.8. The topological polar surface area (TPSA) is 4.93 Å². The molecular weight excluding hydrogens is 591 g/mol. The molecule has 0 aliphatic heterocycles. The lowest BCUT2D eigenvalue weighted by molar-refractivity contribution is 0.331. The molecule has 5 aromatic carbocycles. The highest BCUT2D eigenvalue weighted by Gasteiger charge is 2.39. The van der Waals surface area contributed by atoms with Gasteiger partial charge in [-0.15, -0.1) is 0 Å². The molecule has 6 aromatic rings. The van der Waals surface area contributed by atoms with Gasteiger partial charge in [-0.2, -0.15) is 0 Å². The van der Waals surface area contributed by atoms with E-state index in [9.17, 15) is 0 Å². The molecule has 1 aromatic heterocycles. The molecule has 0 N–H and O–H groups in total. The second-order valence-corrected chi connectivity index (χ2v) is 14.6. The van der Waals surface area contributed by atoms with E-state index >= 15 is 0 Å². The zero-order valence-electron chi connectivity index (χ0n) is 28.0. The van der Waals surface area contributed by atoms with Crippen LogP contribution in [0.4, 0.5) is 0 Å². The highest BCUT2D eigenvalue weighted by Crippen LogP contribution is 2.53. The Morgan fingerprint density at radius 2 is 1.53 bits per heavy atom. The number of benzene rings is 5. The highest BCUT2D eigenvalue weighted by atomic mass is 15.0. The third kappa shape index (κ3) is 4.82. The molecule has 1 heterocycles. The largest absolute Gasteiger partial charge is 0.313 e. The number of allylic oxidation sites excluding steroid dienone is 7. The van der Waals surface area contributed by atoms with E-state index in [0.29, 0.717) is 17.8 Å². The average Bonchev–Trinajstić information content (AvgIpc) is 3.52. The summed E-state index contributed by atoms with van der Waals surface area (Å²) in [6.45, 7) is 0. The molecule has 49 heavy (non-hydrogen) atoms. The monoisotopic (exact) mass is 631 g/mol. The molecule has 0 amide bonds. The molecule has 0 saturated heterocycles. The second kappa shape index (κ2) is 11.8. The summed E-state index contributed by atoms with van der Waals surface area (Å²) >= 11 is 0. The first kappa shape index (κ1) is 28.8. The van der Waals surface area contributed by atoms with Gasteiger partial charge in [0.05, 0.1) is 5.52 Å². The lowest BCUT2D eigenvalue weighted by Crippen LogP contribution is -2.29. The maximum absolute atomic E-state index is 2.63. The molecule has 0 spiro atoms. The second-order valence-electron chi connectivity index (χ2n) is 14.6. The predicted octanol–water partition coefficient (Wildman–Crippen LogP) is 12.4. The summed E-state index contributed by atoms with van der Waals surface area (Å²) in [6.07, 6.45) is 22.6. The van der Waals surface area contributed by atoms with E-state index in [-0.39, 0.29) is 0 Å². The van der Waals surface area contributed by atoms with Gasteiger partial charge in [0.15, 0.2) is 0 Å². The fourth-order valence-electron chi connectivity index (χ4n) is 9.67. The molecule has 0 radical (unpaired) electrons. The standard InChI is InChI=1S/C48H41N/c1-3-12-32(13-4-1)38-24-26-45-44(30-38)48-46(49(45)40-19-11-18-36(29-40)37-23-22-33-14-7-8-17-35(33)28-37)27-25-39-31-43(34-15-5-2-6-16-34)41-20-9-10-21-42(41)47(39)48/h1-3,5-8,10-12,14-19,21-23,25,27-30,41-43H,4,9,13,20,24,26,31H2. The van der Waals surface area contributed by atoms with Crippen LogP contribution in [0, 0.1) is 5.92 Å². The molecule has 3 unspecified atom stereocenters. The van der Waals surface area contributed by atoms with E-state index in [2.05, 4.69) is 150 Å². The fourth-order valence-corrected chi connectivity index (χ4v) is 9.67. The third-order valence-electron chi connectivity index (χ3n) is 12.0. The minimum absolute atomic E-state index is 0.436. The molecule has 3 atom stereocenters. The normalized spacial score (nSPS) is 21.2. The van der Waals surface area contributed by atoms with Crippen LogP contribution in [-0.2, 0) is 12.8 Å². The van der Waals surface area contributed by atoms with Gasteiger partial charge in [-0.1, -0.05) is 115 Å². The van der Waals surface area contributed by atoms with Gasteiger partial charge in [0.2, 0.25) is 0 Å². The number of nitrogens with zero attached hydrogens (tertiary/aromatic N) is 1. The Morgan fingerprint density at radius 3 is 2.43 bits per heavy atom. The van der Waals surface area contributed by atoms with Crippen LogP contribution in [0.1, 0.15) is 71.9 Å². The number of rotatable bonds is 4. The number of hydrogen-bond donors (Lipinski definition) is 0. The van der Waals surface area contributed by atoms with Gasteiger partial charge in [0.1, 0.15) is 0 Å². The molecule has 10 rings (SSSR count). The van der Waals surface area contributed by atoms with Gasteiger partial charge >= 0.3 is 0 Å². The van der Waals surface area contributed by atoms with E-state index < -0.39 is 0 Å². The quantitative estimate of drug-likeness (QED) is 0.171. The summed E-state index contributed by atoms with van der Waals surface area (Å²) in [5.74, 6) is 1.62. The van der Waals surface area contributed by atoms with Crippen LogP contribution in [0.15, 0.2) is 151 Å². The Bertz CT molecular complexity index is 2380. The average molecular weight is 632 g/mol. The van der Waals surface area contributed by atoms with Gasteiger partial charge in [-0.3, -0.25) is 0 Å². The van der Waals surface area contributed by atoms with Gasteiger partial charge in [-0.25, -0.2) is 0 Å². The van der Waals surface area contributed by atoms with Crippen molar-refractivity contribution in [1.82, 2.24) is 4.57 Å². The Balaban J connectivity index is 1.19. The zero-order chi connectivity index (χ0) is 32.3. The molecule has 4 aliphatic rings. The van der Waals surface area contributed by atoms with Crippen LogP contribution in [0.3, 0.4) is 0 Å². The van der Waals surface area contributed by atoms with Crippen LogP contribution in [0.5, 0.6) is 0 Å². The lowest BCUT2D eigenvalue weighted by Gasteiger charge is -2.41. The Labute approximate surface area is 289 Å². The van der Waals surface area contributed by atoms with E-state index in [1.165, 1.54) is 79.3 Å². The Hall–Kier alpha value is -5.14. The molecular formula is C48H41N. The fraction of sp³-hybridized carbons (Fsp3) is 0.208. The molecule has 0 bridgehead atoms. The molecule has 4 aliphatic carbocycles. The van der Waals surface area contributed by atoms with Gasteiger partial charge in [0, 0.05) is 28.2 Å². The van der Waals surface area contributed by atoms with Crippen molar-refractivity contribution in [1.29, 1.82) is 0 Å². The van der Waals surface area contributed by atoms with Crippen LogP contribution >= 0.6 is 0 Å². The summed E-state index contributed by atoms with van der Waals surface area (Å²) in [7, 11) is 0. The van der Waals surface area contributed by atoms with E-state index in [1.54, 1.807) is 11.1 Å². The van der Waals surface area contributed by atoms with Crippen molar-refractivity contribution in [2.24, 2.45) is 5.92 Å². The Kier molecular flexibility index (Phi) is 6.93. The number of aromatic nitrogens is 1. The summed E-state index contributed by atoms with van der Waals surface area (Å²) in [4.78, 5) is 0. The molecule has 0 saturated carbocycles. The number of hydrogen-bond acceptors (Lipinski definition) is 0. The molecule has 1 nitrogen and oxygen atoms in total. The van der Waals surface area contributed by atoms with Crippen molar-refractivity contribution >= 4 is 27.8 Å². The first-order chi connectivity index (χ1) is 24.3. The lowest BCUT2D eigenvalue weighted by atomic mass is 9.63. The summed E-state index contributed by atoms with van der Waals surface area (Å²) < 4.78 is 2.63. The maximum Gasteiger partial charge on any atom is 0.0540 e. The SMILES string of the molecule is C1=CCCC(C2=Cc3c(n(-c4cccc(-c5ccc6ccccc6c5)c4)c4ccc5c(c34)C3C=CCCC3C(c3ccccc3)C5)CC2)=C1. The van der Waals surface area contributed by atoms with Crippen molar-refractivity contribution in [3.8, 4) is 16.8 Å². The van der Waals surface area contributed by atoms with Crippen molar-refractivity contribution in [3.05, 3.63) is 179 Å². The molecule has 1 heteroatoms. The van der Waals surface area contributed by atoms with Crippen molar-refractivity contribution in [2.45, 2.75) is 56.8 Å². The first-order valence-corrected chi connectivity index (χ1v) is 18.4. The molecule has 0 fully saturated rings. The minimum atomic E-state index is 0.436. The smallest absolute Gasteiger partial charge is 0.0540 e. The van der Waals surface area contributed by atoms with Crippen LogP contribution in [-0.4, -0.2) is 4.57 Å². The minimum Gasteiger partial charge on any atom is -0.313 e. The van der Waals surface area contributed by atoms with Crippen LogP contribution in [0.2, 0.25) is 0 Å². The van der Waals surface area contributed by atoms with Gasteiger partial charge in [0.25, 0.3) is 0 Å². The van der Waals surface area contributed by atoms with E-state index in [4.69, 9.17) is 0 Å². The summed E-state index contributed by atoms with van der Waals surface area (Å²) in [6, 6.07) is 41.1. The molecule has 238 valence electrons. The third-order valence-corrected chi connectivity index (χ3v) is 12.0. The van der Waals surface area contributed by atoms with E-state index in [1.807, 2.05) is 0 Å². The van der Waals surface area contributed by atoms with Crippen molar-refractivity contribution in [2.75, 3.05) is 0 Å². The van der Waals surface area contributed by atoms with Crippen LogP contribution in [0.25, 0.3) is 44.6 Å². The maximum atomic E-state index is 2.63.